The molecule has 0 spiro atoms. The largest absolute Gasteiger partial charge is 0.493 e. The molecule has 0 heterocycles. The van der Waals surface area contributed by atoms with Crippen LogP contribution in [0.1, 0.15) is 30.7 Å². The summed E-state index contributed by atoms with van der Waals surface area (Å²) in [4.78, 5) is 11.1. The van der Waals surface area contributed by atoms with Gasteiger partial charge in [0.15, 0.2) is 11.5 Å². The first kappa shape index (κ1) is 13.7. The maximum atomic E-state index is 11.1. The summed E-state index contributed by atoms with van der Waals surface area (Å²) in [6, 6.07) is 5.19. The smallest absolute Gasteiger partial charge is 0.312 e. The third kappa shape index (κ3) is 2.98. The van der Waals surface area contributed by atoms with Crippen LogP contribution >= 0.6 is 0 Å². The van der Waals surface area contributed by atoms with E-state index in [1.165, 1.54) is 6.42 Å². The molecular weight excluding hydrogens is 246 g/mol. The van der Waals surface area contributed by atoms with Gasteiger partial charge in [0, 0.05) is 6.54 Å². The van der Waals surface area contributed by atoms with Crippen molar-refractivity contribution in [2.45, 2.75) is 31.3 Å². The van der Waals surface area contributed by atoms with E-state index >= 15 is 0 Å². The summed E-state index contributed by atoms with van der Waals surface area (Å²) in [6.07, 6.45) is 3.57. The highest BCUT2D eigenvalue weighted by atomic mass is 16.5. The highest BCUT2D eigenvalue weighted by Crippen LogP contribution is 2.34. The fourth-order valence-electron chi connectivity index (χ4n) is 2.05. The number of rotatable bonds is 6. The Hall–Kier alpha value is -1.75. The monoisotopic (exact) mass is 265 g/mol. The van der Waals surface area contributed by atoms with E-state index in [1.807, 2.05) is 0 Å². The maximum Gasteiger partial charge on any atom is 0.312 e. The molecule has 1 aromatic rings. The molecular formula is C14H19NO4. The summed E-state index contributed by atoms with van der Waals surface area (Å²) < 4.78 is 11.1. The molecule has 19 heavy (non-hydrogen) atoms. The van der Waals surface area contributed by atoms with Gasteiger partial charge in [0.1, 0.15) is 0 Å². The number of carboxylic acids is 1. The standard InChI is InChI=1S/C14H19NO4/c1-18-13-7-9(11(8-15)14(16)17)5-6-12(13)19-10-3-2-4-10/h5-7,10-11H,2-4,8,15H2,1H3,(H,16,17). The van der Waals surface area contributed by atoms with Gasteiger partial charge < -0.3 is 20.3 Å². The second-order valence-corrected chi connectivity index (χ2v) is 4.71. The van der Waals surface area contributed by atoms with Gasteiger partial charge in [-0.2, -0.15) is 0 Å². The molecule has 1 aliphatic rings. The lowest BCUT2D eigenvalue weighted by molar-refractivity contribution is -0.138. The highest BCUT2D eigenvalue weighted by Gasteiger charge is 2.23. The van der Waals surface area contributed by atoms with Crippen LogP contribution in [0.15, 0.2) is 18.2 Å². The Morgan fingerprint density at radius 1 is 1.47 bits per heavy atom. The average molecular weight is 265 g/mol. The van der Waals surface area contributed by atoms with Crippen molar-refractivity contribution in [1.82, 2.24) is 0 Å². The van der Waals surface area contributed by atoms with Crippen LogP contribution < -0.4 is 15.2 Å². The lowest BCUT2D eigenvalue weighted by Gasteiger charge is -2.27. The molecule has 0 bridgehead atoms. The highest BCUT2D eigenvalue weighted by molar-refractivity contribution is 5.76. The second kappa shape index (κ2) is 5.93. The van der Waals surface area contributed by atoms with E-state index in [4.69, 9.17) is 20.3 Å². The van der Waals surface area contributed by atoms with Crippen molar-refractivity contribution in [2.75, 3.05) is 13.7 Å². The summed E-state index contributed by atoms with van der Waals surface area (Å²) in [6.45, 7) is 0.0569. The summed E-state index contributed by atoms with van der Waals surface area (Å²) in [5, 5.41) is 9.10. The number of methoxy groups -OCH3 is 1. The summed E-state index contributed by atoms with van der Waals surface area (Å²) in [7, 11) is 1.55. The van der Waals surface area contributed by atoms with E-state index in [0.29, 0.717) is 17.1 Å². The molecule has 0 amide bonds. The molecule has 0 saturated heterocycles. The van der Waals surface area contributed by atoms with Gasteiger partial charge in [-0.25, -0.2) is 0 Å². The van der Waals surface area contributed by atoms with Crippen molar-refractivity contribution in [1.29, 1.82) is 0 Å². The molecule has 1 atom stereocenters. The lowest BCUT2D eigenvalue weighted by atomic mass is 9.96. The first-order valence-electron chi connectivity index (χ1n) is 6.43. The Kier molecular flexibility index (Phi) is 4.27. The van der Waals surface area contributed by atoms with E-state index in [9.17, 15) is 4.79 Å². The quantitative estimate of drug-likeness (QED) is 0.819. The van der Waals surface area contributed by atoms with Crippen LogP contribution in [-0.4, -0.2) is 30.8 Å². The van der Waals surface area contributed by atoms with E-state index in [2.05, 4.69) is 0 Å². The molecule has 3 N–H and O–H groups in total. The minimum atomic E-state index is -0.933. The number of aliphatic carboxylic acids is 1. The molecule has 1 aliphatic carbocycles. The predicted octanol–water partition coefficient (Wildman–Crippen LogP) is 1.75. The number of carbonyl (C=O) groups is 1. The van der Waals surface area contributed by atoms with Crippen molar-refractivity contribution in [3.63, 3.8) is 0 Å². The van der Waals surface area contributed by atoms with Crippen LogP contribution in [0, 0.1) is 0 Å². The molecule has 5 nitrogen and oxygen atoms in total. The zero-order chi connectivity index (χ0) is 13.8. The minimum Gasteiger partial charge on any atom is -0.493 e. The number of hydrogen-bond donors (Lipinski definition) is 2. The van der Waals surface area contributed by atoms with Crippen molar-refractivity contribution < 1.29 is 19.4 Å². The number of benzene rings is 1. The number of hydrogen-bond acceptors (Lipinski definition) is 4. The fourth-order valence-corrected chi connectivity index (χ4v) is 2.05. The zero-order valence-electron chi connectivity index (χ0n) is 11.0. The van der Waals surface area contributed by atoms with E-state index < -0.39 is 11.9 Å². The van der Waals surface area contributed by atoms with Crippen LogP contribution in [0.3, 0.4) is 0 Å². The molecule has 1 unspecified atom stereocenters. The molecule has 5 heteroatoms. The van der Waals surface area contributed by atoms with Gasteiger partial charge in [0.2, 0.25) is 0 Å². The summed E-state index contributed by atoms with van der Waals surface area (Å²) >= 11 is 0. The fraction of sp³-hybridized carbons (Fsp3) is 0.500. The first-order valence-corrected chi connectivity index (χ1v) is 6.43. The van der Waals surface area contributed by atoms with Crippen LogP contribution in [0.2, 0.25) is 0 Å². The molecule has 0 aliphatic heterocycles. The zero-order valence-corrected chi connectivity index (χ0v) is 11.0. The predicted molar refractivity (Wildman–Crippen MR) is 70.7 cm³/mol. The van der Waals surface area contributed by atoms with Gasteiger partial charge in [-0.05, 0) is 37.0 Å². The van der Waals surface area contributed by atoms with E-state index in [-0.39, 0.29) is 12.6 Å². The van der Waals surface area contributed by atoms with Gasteiger partial charge >= 0.3 is 5.97 Å². The minimum absolute atomic E-state index is 0.0569. The number of nitrogens with two attached hydrogens (primary N) is 1. The Balaban J connectivity index is 2.21. The summed E-state index contributed by atoms with van der Waals surface area (Å²) in [5.74, 6) is -0.426. The number of carboxylic acid groups (broad SMARTS) is 1. The molecule has 0 radical (unpaired) electrons. The third-order valence-electron chi connectivity index (χ3n) is 3.47. The maximum absolute atomic E-state index is 11.1. The second-order valence-electron chi connectivity index (χ2n) is 4.71. The summed E-state index contributed by atoms with van der Waals surface area (Å²) in [5.41, 5.74) is 6.13. The van der Waals surface area contributed by atoms with Crippen molar-refractivity contribution in [3.8, 4) is 11.5 Å². The Morgan fingerprint density at radius 2 is 2.21 bits per heavy atom. The molecule has 1 aromatic carbocycles. The topological polar surface area (TPSA) is 81.8 Å². The SMILES string of the molecule is COc1cc(C(CN)C(=O)O)ccc1OC1CCC1. The van der Waals surface area contributed by atoms with Crippen LogP contribution in [0.4, 0.5) is 0 Å². The van der Waals surface area contributed by atoms with Gasteiger partial charge in [0.05, 0.1) is 19.1 Å². The van der Waals surface area contributed by atoms with Crippen LogP contribution in [0.5, 0.6) is 11.5 Å². The normalized spacial score (nSPS) is 16.5. The Bertz CT molecular complexity index is 457. The van der Waals surface area contributed by atoms with Gasteiger partial charge in [-0.15, -0.1) is 0 Å². The van der Waals surface area contributed by atoms with Crippen LogP contribution in [0.25, 0.3) is 0 Å². The lowest BCUT2D eigenvalue weighted by Crippen LogP contribution is -2.25. The number of ether oxygens (including phenoxy) is 2. The molecule has 1 saturated carbocycles. The molecule has 2 rings (SSSR count). The average Bonchev–Trinajstić information content (AvgIpc) is 2.35. The van der Waals surface area contributed by atoms with Crippen LogP contribution in [-0.2, 0) is 4.79 Å². The molecule has 0 aromatic heterocycles. The molecule has 104 valence electrons. The van der Waals surface area contributed by atoms with Crippen molar-refractivity contribution in [2.24, 2.45) is 5.73 Å². The third-order valence-corrected chi connectivity index (χ3v) is 3.47. The first-order chi connectivity index (χ1) is 9.15. The Morgan fingerprint density at radius 3 is 2.68 bits per heavy atom. The molecule has 1 fully saturated rings. The van der Waals surface area contributed by atoms with Gasteiger partial charge in [0.25, 0.3) is 0 Å². The van der Waals surface area contributed by atoms with E-state index in [1.54, 1.807) is 25.3 Å². The van der Waals surface area contributed by atoms with E-state index in [0.717, 1.165) is 12.8 Å². The van der Waals surface area contributed by atoms with Crippen molar-refractivity contribution in [3.05, 3.63) is 23.8 Å². The van der Waals surface area contributed by atoms with Crippen molar-refractivity contribution >= 4 is 5.97 Å². The van der Waals surface area contributed by atoms with Gasteiger partial charge in [-0.3, -0.25) is 4.79 Å². The Labute approximate surface area is 112 Å². The van der Waals surface area contributed by atoms with Gasteiger partial charge in [-0.1, -0.05) is 6.07 Å².